The van der Waals surface area contributed by atoms with Gasteiger partial charge in [-0.3, -0.25) is 0 Å². The van der Waals surface area contributed by atoms with Gasteiger partial charge in [0, 0.05) is 25.6 Å². The summed E-state index contributed by atoms with van der Waals surface area (Å²) in [7, 11) is 3.94. The van der Waals surface area contributed by atoms with Gasteiger partial charge < -0.3 is 20.1 Å². The number of nitrogens with one attached hydrogen (secondary N) is 1. The largest absolute Gasteiger partial charge is 0.493 e. The molecule has 1 heterocycles. The molecule has 1 aromatic carbocycles. The van der Waals surface area contributed by atoms with Crippen molar-refractivity contribution in [3.8, 4) is 5.75 Å². The number of rotatable bonds is 6. The van der Waals surface area contributed by atoms with E-state index in [2.05, 4.69) is 24.4 Å². The van der Waals surface area contributed by atoms with E-state index < -0.39 is 5.60 Å². The first-order chi connectivity index (χ1) is 9.37. The predicted molar refractivity (Wildman–Crippen MR) is 81.2 cm³/mol. The fourth-order valence-corrected chi connectivity index (χ4v) is 2.70. The Morgan fingerprint density at radius 3 is 2.90 bits per heavy atom. The van der Waals surface area contributed by atoms with Gasteiger partial charge in [-0.2, -0.15) is 0 Å². The van der Waals surface area contributed by atoms with Crippen LogP contribution in [0.4, 0.5) is 0 Å². The zero-order valence-corrected chi connectivity index (χ0v) is 12.9. The molecular weight excluding hydrogens is 252 g/mol. The first kappa shape index (κ1) is 15.3. The number of hydrogen-bond donors (Lipinski definition) is 2. The van der Waals surface area contributed by atoms with Crippen LogP contribution >= 0.6 is 0 Å². The van der Waals surface area contributed by atoms with E-state index in [0.29, 0.717) is 13.1 Å². The van der Waals surface area contributed by atoms with Crippen molar-refractivity contribution >= 4 is 0 Å². The molecule has 1 aliphatic rings. The van der Waals surface area contributed by atoms with Gasteiger partial charge in [-0.15, -0.1) is 0 Å². The van der Waals surface area contributed by atoms with Gasteiger partial charge in [0.15, 0.2) is 0 Å². The summed E-state index contributed by atoms with van der Waals surface area (Å²) in [6, 6.07) is 6.58. The van der Waals surface area contributed by atoms with Crippen LogP contribution in [0.5, 0.6) is 5.75 Å². The summed E-state index contributed by atoms with van der Waals surface area (Å²) in [4.78, 5) is 2.00. The molecule has 2 atom stereocenters. The molecule has 4 heteroatoms. The Balaban J connectivity index is 1.93. The molecule has 20 heavy (non-hydrogen) atoms. The van der Waals surface area contributed by atoms with Crippen molar-refractivity contribution in [2.24, 2.45) is 0 Å². The van der Waals surface area contributed by atoms with E-state index in [1.165, 1.54) is 11.1 Å². The number of aliphatic hydroxyl groups is 1. The fraction of sp³-hybridized carbons (Fsp3) is 0.625. The zero-order chi connectivity index (χ0) is 14.8. The second-order valence-corrected chi connectivity index (χ2v) is 6.30. The quantitative estimate of drug-likeness (QED) is 0.829. The maximum atomic E-state index is 10.3. The summed E-state index contributed by atoms with van der Waals surface area (Å²) in [6.07, 6.45) is 0.994. The molecule has 0 amide bonds. The van der Waals surface area contributed by atoms with E-state index in [0.717, 1.165) is 18.8 Å². The third-order valence-electron chi connectivity index (χ3n) is 3.66. The number of ether oxygens (including phenoxy) is 1. The molecule has 0 saturated carbocycles. The highest BCUT2D eigenvalue weighted by Gasteiger charge is 2.22. The number of hydrogen-bond acceptors (Lipinski definition) is 4. The van der Waals surface area contributed by atoms with Gasteiger partial charge in [0.2, 0.25) is 0 Å². The summed E-state index contributed by atoms with van der Waals surface area (Å²) in [5.41, 5.74) is 1.81. The first-order valence-corrected chi connectivity index (χ1v) is 7.23. The van der Waals surface area contributed by atoms with E-state index in [-0.39, 0.29) is 6.04 Å². The van der Waals surface area contributed by atoms with E-state index in [4.69, 9.17) is 4.74 Å². The van der Waals surface area contributed by atoms with Gasteiger partial charge in [0.05, 0.1) is 12.2 Å². The first-order valence-electron chi connectivity index (χ1n) is 7.23. The average Bonchev–Trinajstić information content (AvgIpc) is 2.81. The highest BCUT2D eigenvalue weighted by atomic mass is 16.5. The average molecular weight is 278 g/mol. The van der Waals surface area contributed by atoms with E-state index in [1.54, 1.807) is 0 Å². The van der Waals surface area contributed by atoms with Crippen LogP contribution in [-0.2, 0) is 6.42 Å². The standard InChI is InChI=1S/C16H26N2O2/c1-12(17-10-16(2,19)11-18(3)4)13-5-6-15-14(9-13)7-8-20-15/h5-6,9,12,17,19H,7-8,10-11H2,1-4H3. The van der Waals surface area contributed by atoms with Crippen molar-refractivity contribution in [2.75, 3.05) is 33.8 Å². The van der Waals surface area contributed by atoms with E-state index in [9.17, 15) is 5.11 Å². The van der Waals surface area contributed by atoms with Crippen LogP contribution in [0, 0.1) is 0 Å². The summed E-state index contributed by atoms with van der Waals surface area (Å²) in [6.45, 7) is 6.00. The van der Waals surface area contributed by atoms with Crippen molar-refractivity contribution in [3.63, 3.8) is 0 Å². The molecule has 0 aliphatic carbocycles. The van der Waals surface area contributed by atoms with Crippen LogP contribution in [0.2, 0.25) is 0 Å². The Morgan fingerprint density at radius 1 is 1.45 bits per heavy atom. The molecule has 0 saturated heterocycles. The van der Waals surface area contributed by atoms with Crippen molar-refractivity contribution in [1.29, 1.82) is 0 Å². The molecule has 0 bridgehead atoms. The molecule has 2 rings (SSSR count). The molecule has 2 unspecified atom stereocenters. The topological polar surface area (TPSA) is 44.7 Å². The van der Waals surface area contributed by atoms with E-state index in [1.807, 2.05) is 32.0 Å². The fourth-order valence-electron chi connectivity index (χ4n) is 2.70. The molecule has 0 fully saturated rings. The lowest BCUT2D eigenvalue weighted by molar-refractivity contribution is 0.0317. The van der Waals surface area contributed by atoms with Crippen LogP contribution < -0.4 is 10.1 Å². The predicted octanol–water partition coefficient (Wildman–Crippen LogP) is 1.58. The monoisotopic (exact) mass is 278 g/mol. The lowest BCUT2D eigenvalue weighted by Gasteiger charge is -2.29. The Kier molecular flexibility index (Phi) is 4.68. The van der Waals surface area contributed by atoms with Crippen molar-refractivity contribution in [3.05, 3.63) is 29.3 Å². The maximum absolute atomic E-state index is 10.3. The Labute approximate surface area is 121 Å². The van der Waals surface area contributed by atoms with Crippen molar-refractivity contribution < 1.29 is 9.84 Å². The van der Waals surface area contributed by atoms with Gasteiger partial charge in [-0.1, -0.05) is 12.1 Å². The lowest BCUT2D eigenvalue weighted by atomic mass is 10.0. The highest BCUT2D eigenvalue weighted by molar-refractivity contribution is 5.40. The zero-order valence-electron chi connectivity index (χ0n) is 12.9. The van der Waals surface area contributed by atoms with Crippen molar-refractivity contribution in [2.45, 2.75) is 31.9 Å². The molecule has 1 aromatic rings. The number of fused-ring (bicyclic) bond motifs is 1. The van der Waals surface area contributed by atoms with Crippen LogP contribution in [0.1, 0.15) is 31.0 Å². The summed E-state index contributed by atoms with van der Waals surface area (Å²) < 4.78 is 5.53. The minimum Gasteiger partial charge on any atom is -0.493 e. The number of benzene rings is 1. The van der Waals surface area contributed by atoms with Gasteiger partial charge >= 0.3 is 0 Å². The summed E-state index contributed by atoms with van der Waals surface area (Å²) in [5, 5.41) is 13.7. The van der Waals surface area contributed by atoms with Crippen LogP contribution in [0.3, 0.4) is 0 Å². The second kappa shape index (κ2) is 6.12. The molecule has 0 radical (unpaired) electrons. The molecule has 0 spiro atoms. The molecule has 0 aromatic heterocycles. The molecule has 4 nitrogen and oxygen atoms in total. The van der Waals surface area contributed by atoms with Gasteiger partial charge in [-0.25, -0.2) is 0 Å². The van der Waals surface area contributed by atoms with Gasteiger partial charge in [0.1, 0.15) is 5.75 Å². The van der Waals surface area contributed by atoms with Gasteiger partial charge in [0.25, 0.3) is 0 Å². The normalized spacial score (nSPS) is 18.5. The Morgan fingerprint density at radius 2 is 2.20 bits per heavy atom. The third kappa shape index (κ3) is 3.95. The molecule has 1 aliphatic heterocycles. The SMILES string of the molecule is CC(NCC(C)(O)CN(C)C)c1ccc2c(c1)CCO2. The lowest BCUT2D eigenvalue weighted by Crippen LogP contribution is -2.46. The van der Waals surface area contributed by atoms with E-state index >= 15 is 0 Å². The number of likely N-dealkylation sites (N-methyl/N-ethyl adjacent to an activating group) is 1. The summed E-state index contributed by atoms with van der Waals surface area (Å²) in [5.74, 6) is 1.01. The number of nitrogens with zero attached hydrogens (tertiary/aromatic N) is 1. The third-order valence-corrected chi connectivity index (χ3v) is 3.66. The Hall–Kier alpha value is -1.10. The van der Waals surface area contributed by atoms with Crippen LogP contribution in [0.25, 0.3) is 0 Å². The maximum Gasteiger partial charge on any atom is 0.122 e. The minimum atomic E-state index is -0.725. The van der Waals surface area contributed by atoms with Crippen molar-refractivity contribution in [1.82, 2.24) is 10.2 Å². The van der Waals surface area contributed by atoms with Gasteiger partial charge in [-0.05, 0) is 45.1 Å². The molecule has 112 valence electrons. The summed E-state index contributed by atoms with van der Waals surface area (Å²) >= 11 is 0. The minimum absolute atomic E-state index is 0.217. The smallest absolute Gasteiger partial charge is 0.122 e. The molecular formula is C16H26N2O2. The highest BCUT2D eigenvalue weighted by Crippen LogP contribution is 2.28. The second-order valence-electron chi connectivity index (χ2n) is 6.30. The molecule has 2 N–H and O–H groups in total. The van der Waals surface area contributed by atoms with Crippen LogP contribution in [-0.4, -0.2) is 49.4 Å². The van der Waals surface area contributed by atoms with Crippen LogP contribution in [0.15, 0.2) is 18.2 Å². The Bertz CT molecular complexity index is 458.